The van der Waals surface area contributed by atoms with E-state index in [0.717, 1.165) is 4.90 Å². The van der Waals surface area contributed by atoms with Gasteiger partial charge in [0.25, 0.3) is 5.91 Å². The average molecular weight is 335 g/mol. The fraction of sp³-hybridized carbons (Fsp3) is 0.333. The Labute approximate surface area is 134 Å². The van der Waals surface area contributed by atoms with E-state index in [1.165, 1.54) is 30.3 Å². The highest BCUT2D eigenvalue weighted by molar-refractivity contribution is 6.03. The van der Waals surface area contributed by atoms with Crippen LogP contribution in [0.25, 0.3) is 0 Å². The maximum absolute atomic E-state index is 12.1. The van der Waals surface area contributed by atoms with Gasteiger partial charge in [0.15, 0.2) is 11.9 Å². The van der Waals surface area contributed by atoms with E-state index in [9.17, 15) is 19.7 Å². The summed E-state index contributed by atoms with van der Waals surface area (Å²) in [6.07, 6.45) is 0.561. The summed E-state index contributed by atoms with van der Waals surface area (Å²) in [5.74, 6) is -0.416. The second-order valence-electron chi connectivity index (χ2n) is 5.11. The largest absolute Gasteiger partial charge is 0.433 e. The van der Waals surface area contributed by atoms with Crippen molar-refractivity contribution in [3.63, 3.8) is 0 Å². The number of nitrogens with zero attached hydrogens (tertiary/aromatic N) is 5. The van der Waals surface area contributed by atoms with Crippen LogP contribution in [0, 0.1) is 10.1 Å². The third-order valence-electron chi connectivity index (χ3n) is 3.59. The van der Waals surface area contributed by atoms with Crippen molar-refractivity contribution in [3.8, 4) is 0 Å². The zero-order valence-electron chi connectivity index (χ0n) is 12.7. The molecule has 1 saturated heterocycles. The number of hydrazone groups is 1. The highest BCUT2D eigenvalue weighted by Gasteiger charge is 2.46. The number of hydrogen-bond donors (Lipinski definition) is 2. The molecule has 0 bridgehead atoms. The number of imide groups is 1. The molecular formula is C12H13N7O5. The first-order chi connectivity index (χ1) is 11.4. The van der Waals surface area contributed by atoms with Crippen LogP contribution in [-0.2, 0) is 4.79 Å². The number of carbonyl (C=O) groups is 2. The monoisotopic (exact) mass is 335 g/mol. The number of nitrogens with one attached hydrogen (secondary N) is 2. The number of rotatable bonds is 3. The van der Waals surface area contributed by atoms with Gasteiger partial charge in [-0.2, -0.15) is 5.10 Å². The Kier molecular flexibility index (Phi) is 3.63. The molecule has 24 heavy (non-hydrogen) atoms. The minimum atomic E-state index is -0.694. The first kappa shape index (κ1) is 15.5. The van der Waals surface area contributed by atoms with Crippen molar-refractivity contribution >= 4 is 30.0 Å². The second-order valence-corrected chi connectivity index (χ2v) is 5.11. The number of carbonyl (C=O) groups excluding carboxylic acids is 2. The van der Waals surface area contributed by atoms with Gasteiger partial charge in [0.05, 0.1) is 12.3 Å². The standard InChI is InChI=1S/C12H13N7O5/c1-17-9-8(10(20)18(2)12(17)21)14-11(15-9)16-13-5-6-3-4-7(24-6)19(22)23/h3-5,8-9H,1-2H3,(H2,14,15,16)/b13-5-/t8-,9+/m0/s1. The van der Waals surface area contributed by atoms with Crippen LogP contribution < -0.4 is 10.7 Å². The molecule has 3 rings (SSSR count). The average Bonchev–Trinajstić information content (AvgIpc) is 3.18. The van der Waals surface area contributed by atoms with Crippen molar-refractivity contribution in [1.82, 2.24) is 20.5 Å². The summed E-state index contributed by atoms with van der Waals surface area (Å²) in [5.41, 5.74) is 2.57. The van der Waals surface area contributed by atoms with Gasteiger partial charge in [0.1, 0.15) is 11.0 Å². The van der Waals surface area contributed by atoms with Crippen LogP contribution >= 0.6 is 0 Å². The summed E-state index contributed by atoms with van der Waals surface area (Å²) >= 11 is 0. The van der Waals surface area contributed by atoms with Crippen LogP contribution in [0.2, 0.25) is 0 Å². The maximum Gasteiger partial charge on any atom is 0.433 e. The van der Waals surface area contributed by atoms with Gasteiger partial charge >= 0.3 is 11.9 Å². The molecule has 0 radical (unpaired) electrons. The first-order valence-corrected chi connectivity index (χ1v) is 6.80. The molecule has 1 aromatic rings. The lowest BCUT2D eigenvalue weighted by atomic mass is 10.1. The number of aliphatic imine (C=N–C) groups is 1. The molecule has 1 fully saturated rings. The molecule has 0 unspecified atom stereocenters. The number of guanidine groups is 1. The molecule has 2 aliphatic heterocycles. The third-order valence-corrected chi connectivity index (χ3v) is 3.59. The molecule has 2 N–H and O–H groups in total. The van der Waals surface area contributed by atoms with Crippen molar-refractivity contribution < 1.29 is 18.9 Å². The topological polar surface area (TPSA) is 146 Å². The summed E-state index contributed by atoms with van der Waals surface area (Å²) in [4.78, 5) is 40.3. The SMILES string of the molecule is CN1C(=O)[C@H]2NC(N/N=C\c3ccc([N+](=O)[O-])o3)=N[C@@H]2N(C)C1=O. The molecule has 0 aromatic carbocycles. The quantitative estimate of drug-likeness (QED) is 0.421. The zero-order valence-corrected chi connectivity index (χ0v) is 12.7. The number of amides is 3. The lowest BCUT2D eigenvalue weighted by Gasteiger charge is -2.36. The molecule has 0 spiro atoms. The Morgan fingerprint density at radius 2 is 2.21 bits per heavy atom. The molecule has 2 aliphatic rings. The summed E-state index contributed by atoms with van der Waals surface area (Å²) in [5, 5.41) is 17.2. The minimum Gasteiger partial charge on any atom is -0.400 e. The number of fused-ring (bicyclic) bond motifs is 1. The van der Waals surface area contributed by atoms with Gasteiger partial charge in [0, 0.05) is 14.1 Å². The number of furan rings is 1. The van der Waals surface area contributed by atoms with Crippen molar-refractivity contribution in [1.29, 1.82) is 0 Å². The molecule has 0 aliphatic carbocycles. The Morgan fingerprint density at radius 3 is 2.88 bits per heavy atom. The molecule has 0 saturated carbocycles. The zero-order chi connectivity index (χ0) is 17.4. The molecule has 3 heterocycles. The predicted molar refractivity (Wildman–Crippen MR) is 80.2 cm³/mol. The van der Waals surface area contributed by atoms with Gasteiger partial charge in [-0.15, -0.1) is 0 Å². The molecule has 1 aromatic heterocycles. The van der Waals surface area contributed by atoms with Gasteiger partial charge in [-0.3, -0.25) is 19.8 Å². The van der Waals surface area contributed by atoms with E-state index in [0.29, 0.717) is 0 Å². The number of likely N-dealkylation sites (N-methyl/N-ethyl adjacent to an activating group) is 2. The van der Waals surface area contributed by atoms with Gasteiger partial charge in [-0.1, -0.05) is 0 Å². The Bertz CT molecular complexity index is 770. The van der Waals surface area contributed by atoms with Gasteiger partial charge in [-0.25, -0.2) is 15.2 Å². The number of hydrogen-bond acceptors (Lipinski definition) is 9. The van der Waals surface area contributed by atoms with Gasteiger partial charge in [-0.05, 0) is 6.07 Å². The highest BCUT2D eigenvalue weighted by atomic mass is 16.6. The predicted octanol–water partition coefficient (Wildman–Crippen LogP) is -0.711. The molecule has 12 heteroatoms. The number of nitro groups is 1. The van der Waals surface area contributed by atoms with E-state index in [1.54, 1.807) is 7.05 Å². The summed E-state index contributed by atoms with van der Waals surface area (Å²) in [7, 11) is 2.94. The van der Waals surface area contributed by atoms with Gasteiger partial charge < -0.3 is 14.6 Å². The van der Waals surface area contributed by atoms with E-state index < -0.39 is 35.0 Å². The second kappa shape index (κ2) is 5.64. The summed E-state index contributed by atoms with van der Waals surface area (Å²) in [6, 6.07) is 1.45. The van der Waals surface area contributed by atoms with Crippen LogP contribution in [0.1, 0.15) is 5.76 Å². The maximum atomic E-state index is 12.1. The fourth-order valence-electron chi connectivity index (χ4n) is 2.35. The van der Waals surface area contributed by atoms with Crippen molar-refractivity contribution in [3.05, 3.63) is 28.0 Å². The lowest BCUT2D eigenvalue weighted by molar-refractivity contribution is -0.402. The molecule has 2 atom stereocenters. The summed E-state index contributed by atoms with van der Waals surface area (Å²) < 4.78 is 4.90. The lowest BCUT2D eigenvalue weighted by Crippen LogP contribution is -2.63. The third kappa shape index (κ3) is 2.53. The highest BCUT2D eigenvalue weighted by Crippen LogP contribution is 2.19. The van der Waals surface area contributed by atoms with Crippen LogP contribution in [0.15, 0.2) is 26.6 Å². The van der Waals surface area contributed by atoms with E-state index in [1.807, 2.05) is 0 Å². The molecule has 3 amide bonds. The van der Waals surface area contributed by atoms with Crippen LogP contribution in [0.3, 0.4) is 0 Å². The number of urea groups is 1. The smallest absolute Gasteiger partial charge is 0.400 e. The van der Waals surface area contributed by atoms with Crippen LogP contribution in [0.5, 0.6) is 0 Å². The van der Waals surface area contributed by atoms with Crippen LogP contribution in [0.4, 0.5) is 10.7 Å². The Morgan fingerprint density at radius 1 is 1.46 bits per heavy atom. The van der Waals surface area contributed by atoms with E-state index in [-0.39, 0.29) is 11.7 Å². The normalized spacial score (nSPS) is 23.3. The molecule has 12 nitrogen and oxygen atoms in total. The van der Waals surface area contributed by atoms with Crippen molar-refractivity contribution in [2.24, 2.45) is 10.1 Å². The fourth-order valence-corrected chi connectivity index (χ4v) is 2.35. The Hall–Kier alpha value is -3.44. The minimum absolute atomic E-state index is 0.174. The van der Waals surface area contributed by atoms with Crippen molar-refractivity contribution in [2.45, 2.75) is 12.2 Å². The van der Waals surface area contributed by atoms with Gasteiger partial charge in [0.2, 0.25) is 5.96 Å². The molecule has 126 valence electrons. The summed E-state index contributed by atoms with van der Waals surface area (Å²) in [6.45, 7) is 0. The van der Waals surface area contributed by atoms with Crippen LogP contribution in [-0.4, -0.2) is 65.1 Å². The van der Waals surface area contributed by atoms with E-state index in [2.05, 4.69) is 20.8 Å². The van der Waals surface area contributed by atoms with E-state index in [4.69, 9.17) is 4.42 Å². The Balaban J connectivity index is 1.66. The molecular weight excluding hydrogens is 322 g/mol. The van der Waals surface area contributed by atoms with Crippen molar-refractivity contribution in [2.75, 3.05) is 14.1 Å². The van der Waals surface area contributed by atoms with E-state index >= 15 is 0 Å². The first-order valence-electron chi connectivity index (χ1n) is 6.80.